The van der Waals surface area contributed by atoms with Crippen LogP contribution in [0.15, 0.2) is 146 Å². The number of rotatable bonds is 10. The number of anilines is 2. The molecule has 9 heteroatoms. The maximum Gasteiger partial charge on any atom is 0.411 e. The smallest absolute Gasteiger partial charge is 0.411 e. The second-order valence-electron chi connectivity index (χ2n) is 11.0. The van der Waals surface area contributed by atoms with Gasteiger partial charge in [-0.3, -0.25) is 10.6 Å². The molecule has 0 bridgehead atoms. The molecule has 0 saturated carbocycles. The number of carbonyl (C=O) groups is 2. The van der Waals surface area contributed by atoms with Gasteiger partial charge in [-0.15, -0.1) is 0 Å². The van der Waals surface area contributed by atoms with Crippen LogP contribution in [0.3, 0.4) is 0 Å². The minimum absolute atomic E-state index is 0.102. The highest BCUT2D eigenvalue weighted by molar-refractivity contribution is 5.88. The summed E-state index contributed by atoms with van der Waals surface area (Å²) in [4.78, 5) is 25.3. The number of carbonyl (C=O) groups excluding carboxylic acids is 2. The van der Waals surface area contributed by atoms with Gasteiger partial charge in [0.15, 0.2) is 0 Å². The van der Waals surface area contributed by atoms with Gasteiger partial charge >= 0.3 is 12.2 Å². The summed E-state index contributed by atoms with van der Waals surface area (Å²) in [6.07, 6.45) is -1.23. The third kappa shape index (κ3) is 8.75. The molecule has 0 saturated heterocycles. The number of phenolic OH excluding ortho intramolecular Hbond substituents is 2. The van der Waals surface area contributed by atoms with Crippen molar-refractivity contribution in [2.45, 2.75) is 13.2 Å². The number of amides is 2. The van der Waals surface area contributed by atoms with E-state index in [-0.39, 0.29) is 24.7 Å². The van der Waals surface area contributed by atoms with E-state index in [1.165, 1.54) is 0 Å². The maximum atomic E-state index is 12.6. The van der Waals surface area contributed by atoms with E-state index >= 15 is 0 Å². The van der Waals surface area contributed by atoms with Crippen LogP contribution in [0.1, 0.15) is 11.1 Å². The van der Waals surface area contributed by atoms with Gasteiger partial charge in [0.2, 0.25) is 0 Å². The van der Waals surface area contributed by atoms with Gasteiger partial charge in [-0.05, 0) is 82.9 Å². The van der Waals surface area contributed by atoms with Crippen molar-refractivity contribution >= 4 is 23.6 Å². The molecular formula is C40H32N2O7. The van der Waals surface area contributed by atoms with E-state index in [2.05, 4.69) is 10.6 Å². The molecule has 6 rings (SSSR count). The van der Waals surface area contributed by atoms with E-state index in [1.807, 2.05) is 60.7 Å². The summed E-state index contributed by atoms with van der Waals surface area (Å²) in [6, 6.07) is 42.3. The first-order valence-electron chi connectivity index (χ1n) is 15.4. The Morgan fingerprint density at radius 1 is 0.490 bits per heavy atom. The molecule has 6 aromatic carbocycles. The van der Waals surface area contributed by atoms with Crippen LogP contribution in [0, 0.1) is 0 Å². The highest BCUT2D eigenvalue weighted by Gasteiger charge is 2.16. The molecule has 6 aromatic rings. The minimum Gasteiger partial charge on any atom is -0.508 e. The first-order chi connectivity index (χ1) is 23.9. The zero-order valence-corrected chi connectivity index (χ0v) is 26.2. The van der Waals surface area contributed by atoms with Gasteiger partial charge in [0.05, 0.1) is 0 Å². The highest BCUT2D eigenvalue weighted by atomic mass is 16.6. The van der Waals surface area contributed by atoms with E-state index in [0.29, 0.717) is 34.0 Å². The third-order valence-electron chi connectivity index (χ3n) is 7.45. The Morgan fingerprint density at radius 2 is 0.878 bits per heavy atom. The largest absolute Gasteiger partial charge is 0.508 e. The molecule has 0 heterocycles. The summed E-state index contributed by atoms with van der Waals surface area (Å²) in [5.74, 6) is 1.11. The zero-order chi connectivity index (χ0) is 34.0. The molecule has 0 radical (unpaired) electrons. The standard InChI is InChI=1S/C40H32N2O7/c43-33-17-11-29(12-18-33)35-23-31(41-39(45)47-25-27-7-3-1-4-8-27)15-21-37(35)49-38-22-16-32(24-36(38)30-13-19-34(44)20-14-30)42-40(46)48-26-28-9-5-2-6-10-28/h1-24,43-44H,25-26H2,(H,41,45)(H,42,46). The Kier molecular flexibility index (Phi) is 10.0. The van der Waals surface area contributed by atoms with Gasteiger partial charge in [-0.2, -0.15) is 0 Å². The van der Waals surface area contributed by atoms with Gasteiger partial charge in [-0.25, -0.2) is 9.59 Å². The van der Waals surface area contributed by atoms with Crippen molar-refractivity contribution in [3.8, 4) is 45.3 Å². The lowest BCUT2D eigenvalue weighted by Crippen LogP contribution is -2.13. The van der Waals surface area contributed by atoms with Crippen LogP contribution in [-0.4, -0.2) is 22.4 Å². The molecule has 9 nitrogen and oxygen atoms in total. The van der Waals surface area contributed by atoms with Crippen molar-refractivity contribution in [2.24, 2.45) is 0 Å². The Hall–Kier alpha value is -6.74. The number of ether oxygens (including phenoxy) is 3. The molecule has 49 heavy (non-hydrogen) atoms. The molecule has 0 atom stereocenters. The highest BCUT2D eigenvalue weighted by Crippen LogP contribution is 2.41. The minimum atomic E-state index is -0.617. The van der Waals surface area contributed by atoms with Gasteiger partial charge < -0.3 is 24.4 Å². The normalized spacial score (nSPS) is 10.5. The molecule has 0 aromatic heterocycles. The number of nitrogens with one attached hydrogen (secondary N) is 2. The SMILES string of the molecule is O=C(Nc1ccc(Oc2ccc(NC(=O)OCc3ccccc3)cc2-c2ccc(O)cc2)c(-c2ccc(O)cc2)c1)OCc1ccccc1. The monoisotopic (exact) mass is 652 g/mol. The van der Waals surface area contributed by atoms with Gasteiger partial charge in [0, 0.05) is 22.5 Å². The van der Waals surface area contributed by atoms with Crippen molar-refractivity contribution in [1.29, 1.82) is 0 Å². The molecule has 0 spiro atoms. The fraction of sp³-hybridized carbons (Fsp3) is 0.0500. The van der Waals surface area contributed by atoms with Crippen molar-refractivity contribution < 1.29 is 34.0 Å². The maximum absolute atomic E-state index is 12.6. The summed E-state index contributed by atoms with van der Waals surface area (Å²) < 4.78 is 17.3. The second kappa shape index (κ2) is 15.2. The molecule has 0 fully saturated rings. The van der Waals surface area contributed by atoms with Crippen molar-refractivity contribution in [3.63, 3.8) is 0 Å². The zero-order valence-electron chi connectivity index (χ0n) is 26.2. The fourth-order valence-electron chi connectivity index (χ4n) is 5.00. The van der Waals surface area contributed by atoms with Crippen LogP contribution in [0.25, 0.3) is 22.3 Å². The Labute approximate surface area is 283 Å². The molecule has 0 unspecified atom stereocenters. The van der Waals surface area contributed by atoms with Crippen molar-refractivity contribution in [3.05, 3.63) is 157 Å². The quantitative estimate of drug-likeness (QED) is 0.116. The molecule has 244 valence electrons. The molecule has 4 N–H and O–H groups in total. The average molecular weight is 653 g/mol. The van der Waals surface area contributed by atoms with Crippen molar-refractivity contribution in [2.75, 3.05) is 10.6 Å². The summed E-state index contributed by atoms with van der Waals surface area (Å²) in [5, 5.41) is 25.4. The second-order valence-corrected chi connectivity index (χ2v) is 11.0. The van der Waals surface area contributed by atoms with Crippen LogP contribution in [0.4, 0.5) is 21.0 Å². The fourth-order valence-corrected chi connectivity index (χ4v) is 5.00. The predicted octanol–water partition coefficient (Wildman–Crippen LogP) is 9.72. The Balaban J connectivity index is 1.27. The van der Waals surface area contributed by atoms with E-state index in [0.717, 1.165) is 22.3 Å². The summed E-state index contributed by atoms with van der Waals surface area (Å²) in [5.41, 5.74) is 5.37. The first-order valence-corrected chi connectivity index (χ1v) is 15.4. The topological polar surface area (TPSA) is 126 Å². The third-order valence-corrected chi connectivity index (χ3v) is 7.45. The Bertz CT molecular complexity index is 1880. The lowest BCUT2D eigenvalue weighted by Gasteiger charge is -2.17. The molecular weight excluding hydrogens is 620 g/mol. The van der Waals surface area contributed by atoms with Gasteiger partial charge in [-0.1, -0.05) is 84.9 Å². The summed E-state index contributed by atoms with van der Waals surface area (Å²) in [7, 11) is 0. The van der Waals surface area contributed by atoms with E-state index in [4.69, 9.17) is 14.2 Å². The number of hydrogen-bond donors (Lipinski definition) is 4. The van der Waals surface area contributed by atoms with Crippen LogP contribution in [-0.2, 0) is 22.7 Å². The molecule has 0 aliphatic carbocycles. The van der Waals surface area contributed by atoms with Crippen LogP contribution >= 0.6 is 0 Å². The van der Waals surface area contributed by atoms with E-state index in [1.54, 1.807) is 84.9 Å². The number of phenols is 2. The van der Waals surface area contributed by atoms with Crippen LogP contribution < -0.4 is 15.4 Å². The first kappa shape index (κ1) is 32.2. The van der Waals surface area contributed by atoms with E-state index in [9.17, 15) is 19.8 Å². The van der Waals surface area contributed by atoms with E-state index < -0.39 is 12.2 Å². The molecule has 0 aliphatic heterocycles. The molecule has 2 amide bonds. The summed E-state index contributed by atoms with van der Waals surface area (Å²) in [6.45, 7) is 0.239. The van der Waals surface area contributed by atoms with Crippen LogP contribution in [0.5, 0.6) is 23.0 Å². The number of hydrogen-bond acceptors (Lipinski definition) is 7. The van der Waals surface area contributed by atoms with Crippen LogP contribution in [0.2, 0.25) is 0 Å². The predicted molar refractivity (Wildman–Crippen MR) is 188 cm³/mol. The lowest BCUT2D eigenvalue weighted by molar-refractivity contribution is 0.154. The average Bonchev–Trinajstić information content (AvgIpc) is 3.13. The summed E-state index contributed by atoms with van der Waals surface area (Å²) >= 11 is 0. The number of aromatic hydroxyl groups is 2. The van der Waals surface area contributed by atoms with Crippen molar-refractivity contribution in [1.82, 2.24) is 0 Å². The number of benzene rings is 6. The van der Waals surface area contributed by atoms with Gasteiger partial charge in [0.25, 0.3) is 0 Å². The lowest BCUT2D eigenvalue weighted by atomic mass is 10.0. The Morgan fingerprint density at radius 3 is 1.27 bits per heavy atom. The van der Waals surface area contributed by atoms with Gasteiger partial charge in [0.1, 0.15) is 36.2 Å². The molecule has 0 aliphatic rings.